The summed E-state index contributed by atoms with van der Waals surface area (Å²) in [6.07, 6.45) is 1.21. The highest BCUT2D eigenvalue weighted by molar-refractivity contribution is 6.19. The maximum absolute atomic E-state index is 12.5. The molecule has 0 unspecified atom stereocenters. The average Bonchev–Trinajstić information content (AvgIpc) is 2.05. The van der Waals surface area contributed by atoms with Gasteiger partial charge < -0.3 is 9.31 Å². The quantitative estimate of drug-likeness (QED) is 0.385. The molecule has 0 fully saturated rings. The molecule has 0 aromatic heterocycles. The fourth-order valence-corrected chi connectivity index (χ4v) is 0.663. The van der Waals surface area contributed by atoms with E-state index in [0.29, 0.717) is 5.75 Å². The molecule has 0 aliphatic carbocycles. The summed E-state index contributed by atoms with van der Waals surface area (Å²) in [5, 5.41) is 0. The van der Waals surface area contributed by atoms with Crippen LogP contribution in [0.2, 0.25) is 0 Å². The van der Waals surface area contributed by atoms with Crippen molar-refractivity contribution in [1.82, 2.24) is 0 Å². The van der Waals surface area contributed by atoms with Crippen LogP contribution in [0.3, 0.4) is 0 Å². The Hall–Kier alpha value is -1.45. The monoisotopic (exact) mass is 165 g/mol. The van der Waals surface area contributed by atoms with E-state index in [-0.39, 0.29) is 5.82 Å². The average molecular weight is 165 g/mol. The highest BCUT2D eigenvalue weighted by Crippen LogP contribution is 2.10. The molecule has 0 N–H and O–H groups in total. The van der Waals surface area contributed by atoms with Crippen molar-refractivity contribution in [2.45, 2.75) is 0 Å². The van der Waals surface area contributed by atoms with Gasteiger partial charge in [0.2, 0.25) is 0 Å². The maximum Gasteiger partial charge on any atom is 0.657 e. The van der Waals surface area contributed by atoms with Crippen molar-refractivity contribution in [2.24, 2.45) is 0 Å². The standard InChI is InChI=1S/C8H7BFO2/c1-2-11-9-12-8-5-3-4-7(10)6-8/h2-6H,1H2. The summed E-state index contributed by atoms with van der Waals surface area (Å²) in [6, 6.07) is 5.75. The van der Waals surface area contributed by atoms with E-state index in [4.69, 9.17) is 4.65 Å². The number of halogens is 1. The lowest BCUT2D eigenvalue weighted by Gasteiger charge is -2.01. The van der Waals surface area contributed by atoms with Gasteiger partial charge in [0.25, 0.3) is 0 Å². The Morgan fingerprint density at radius 1 is 1.50 bits per heavy atom. The van der Waals surface area contributed by atoms with Crippen LogP contribution in [-0.4, -0.2) is 7.69 Å². The molecule has 0 atom stereocenters. The van der Waals surface area contributed by atoms with Crippen molar-refractivity contribution in [3.63, 3.8) is 0 Å². The van der Waals surface area contributed by atoms with Crippen LogP contribution in [-0.2, 0) is 4.65 Å². The minimum Gasteiger partial charge on any atom is -0.533 e. The molecular weight excluding hydrogens is 158 g/mol. The lowest BCUT2D eigenvalue weighted by Crippen LogP contribution is -2.03. The molecule has 61 valence electrons. The Labute approximate surface area is 70.9 Å². The summed E-state index contributed by atoms with van der Waals surface area (Å²) in [5.74, 6) is 0.0383. The third-order valence-electron chi connectivity index (χ3n) is 1.13. The van der Waals surface area contributed by atoms with Crippen LogP contribution in [0.4, 0.5) is 4.39 Å². The van der Waals surface area contributed by atoms with Crippen LogP contribution in [0, 0.1) is 5.82 Å². The molecule has 0 saturated carbocycles. The van der Waals surface area contributed by atoms with Gasteiger partial charge in [0.1, 0.15) is 11.6 Å². The summed E-state index contributed by atoms with van der Waals surface area (Å²) >= 11 is 0. The smallest absolute Gasteiger partial charge is 0.533 e. The molecule has 0 aliphatic rings. The van der Waals surface area contributed by atoms with Gasteiger partial charge in [-0.1, -0.05) is 12.6 Å². The van der Waals surface area contributed by atoms with Crippen molar-refractivity contribution in [1.29, 1.82) is 0 Å². The van der Waals surface area contributed by atoms with E-state index in [0.717, 1.165) is 7.69 Å². The van der Waals surface area contributed by atoms with Crippen molar-refractivity contribution in [3.05, 3.63) is 42.9 Å². The molecule has 12 heavy (non-hydrogen) atoms. The zero-order valence-electron chi connectivity index (χ0n) is 6.37. The summed E-state index contributed by atoms with van der Waals surface area (Å²) in [5.41, 5.74) is 0. The summed E-state index contributed by atoms with van der Waals surface area (Å²) in [7, 11) is 1.07. The van der Waals surface area contributed by atoms with Gasteiger partial charge in [0, 0.05) is 6.07 Å². The Morgan fingerprint density at radius 2 is 2.33 bits per heavy atom. The molecule has 0 aliphatic heterocycles. The van der Waals surface area contributed by atoms with E-state index in [1.807, 2.05) is 0 Å². The highest BCUT2D eigenvalue weighted by Gasteiger charge is 1.98. The minimum absolute atomic E-state index is 0.348. The molecule has 1 aromatic carbocycles. The second-order valence-electron chi connectivity index (χ2n) is 1.97. The second-order valence-corrected chi connectivity index (χ2v) is 1.97. The van der Waals surface area contributed by atoms with Crippen LogP contribution in [0.15, 0.2) is 37.1 Å². The van der Waals surface area contributed by atoms with Gasteiger partial charge in [0.05, 0.1) is 6.26 Å². The van der Waals surface area contributed by atoms with E-state index in [1.165, 1.54) is 18.4 Å². The van der Waals surface area contributed by atoms with Gasteiger partial charge in [-0.3, -0.25) is 0 Å². The van der Waals surface area contributed by atoms with Crippen molar-refractivity contribution < 1.29 is 13.7 Å². The zero-order chi connectivity index (χ0) is 8.81. The Balaban J connectivity index is 2.46. The largest absolute Gasteiger partial charge is 0.657 e. The third-order valence-corrected chi connectivity index (χ3v) is 1.13. The van der Waals surface area contributed by atoms with Crippen LogP contribution in [0.25, 0.3) is 0 Å². The minimum atomic E-state index is -0.348. The van der Waals surface area contributed by atoms with Gasteiger partial charge in [-0.15, -0.1) is 0 Å². The van der Waals surface area contributed by atoms with Gasteiger partial charge >= 0.3 is 7.69 Å². The molecule has 0 amide bonds. The Bertz CT molecular complexity index is 265. The summed E-state index contributed by atoms with van der Waals surface area (Å²) in [6.45, 7) is 3.30. The van der Waals surface area contributed by atoms with E-state index in [1.54, 1.807) is 12.1 Å². The molecule has 2 nitrogen and oxygen atoms in total. The van der Waals surface area contributed by atoms with Gasteiger partial charge in [-0.2, -0.15) is 0 Å². The van der Waals surface area contributed by atoms with Gasteiger partial charge in [0.15, 0.2) is 0 Å². The molecule has 1 rings (SSSR count). The first-order valence-corrected chi connectivity index (χ1v) is 3.33. The highest BCUT2D eigenvalue weighted by atomic mass is 19.1. The fraction of sp³-hybridized carbons (Fsp3) is 0. The van der Waals surface area contributed by atoms with E-state index in [9.17, 15) is 4.39 Å². The van der Waals surface area contributed by atoms with Crippen molar-refractivity contribution in [3.8, 4) is 5.75 Å². The van der Waals surface area contributed by atoms with Crippen LogP contribution in [0.1, 0.15) is 0 Å². The fourth-order valence-electron chi connectivity index (χ4n) is 0.663. The Kier molecular flexibility index (Phi) is 3.20. The lowest BCUT2D eigenvalue weighted by atomic mass is 10.3. The molecule has 1 aromatic rings. The number of benzene rings is 1. The number of hydrogen-bond donors (Lipinski definition) is 0. The number of hydrogen-bond acceptors (Lipinski definition) is 2. The van der Waals surface area contributed by atoms with Crippen molar-refractivity contribution in [2.75, 3.05) is 0 Å². The molecule has 0 bridgehead atoms. The van der Waals surface area contributed by atoms with Gasteiger partial charge in [-0.25, -0.2) is 4.39 Å². The molecule has 0 heterocycles. The van der Waals surface area contributed by atoms with E-state index < -0.39 is 0 Å². The molecule has 0 spiro atoms. The molecule has 0 saturated heterocycles. The van der Waals surface area contributed by atoms with Crippen LogP contribution >= 0.6 is 0 Å². The van der Waals surface area contributed by atoms with Crippen LogP contribution in [0.5, 0.6) is 5.75 Å². The second kappa shape index (κ2) is 4.44. The predicted molar refractivity (Wildman–Crippen MR) is 44.1 cm³/mol. The first-order valence-electron chi connectivity index (χ1n) is 3.33. The summed E-state index contributed by atoms with van der Waals surface area (Å²) < 4.78 is 22.0. The van der Waals surface area contributed by atoms with E-state index >= 15 is 0 Å². The van der Waals surface area contributed by atoms with Crippen LogP contribution < -0.4 is 4.65 Å². The first kappa shape index (κ1) is 8.65. The summed E-state index contributed by atoms with van der Waals surface area (Å²) in [4.78, 5) is 0. The molecule has 4 heteroatoms. The topological polar surface area (TPSA) is 18.5 Å². The maximum atomic E-state index is 12.5. The first-order chi connectivity index (χ1) is 5.83. The SMILES string of the molecule is C=CO[B]Oc1cccc(F)c1. The normalized spacial score (nSPS) is 8.75. The molecular formula is C8H7BFO2. The van der Waals surface area contributed by atoms with Crippen molar-refractivity contribution >= 4 is 7.69 Å². The van der Waals surface area contributed by atoms with E-state index in [2.05, 4.69) is 11.2 Å². The third kappa shape index (κ3) is 2.66. The van der Waals surface area contributed by atoms with Gasteiger partial charge in [-0.05, 0) is 12.1 Å². The molecule has 1 radical (unpaired) electrons. The zero-order valence-corrected chi connectivity index (χ0v) is 6.37. The number of rotatable bonds is 4. The Morgan fingerprint density at radius 3 is 3.00 bits per heavy atom. The predicted octanol–water partition coefficient (Wildman–Crippen LogP) is 1.90. The lowest BCUT2D eigenvalue weighted by molar-refractivity contribution is 0.412.